The Balaban J connectivity index is 2.58. The summed E-state index contributed by atoms with van der Waals surface area (Å²) in [6, 6.07) is 0. The summed E-state index contributed by atoms with van der Waals surface area (Å²) in [5.74, 6) is 0.689. The lowest BCUT2D eigenvalue weighted by Crippen LogP contribution is -2.00. The first-order chi connectivity index (χ1) is 4.68. The zero-order valence-corrected chi connectivity index (χ0v) is 6.28. The van der Waals surface area contributed by atoms with Crippen molar-refractivity contribution in [2.24, 2.45) is 5.92 Å². The van der Waals surface area contributed by atoms with Crippen LogP contribution in [-0.2, 0) is 6.54 Å². The van der Waals surface area contributed by atoms with Gasteiger partial charge in [-0.15, -0.1) is 0 Å². The minimum Gasteiger partial charge on any atom is -0.492 e. The predicted molar refractivity (Wildman–Crippen MR) is 38.7 cm³/mol. The second kappa shape index (κ2) is 2.73. The maximum atomic E-state index is 8.83. The Morgan fingerprint density at radius 1 is 1.70 bits per heavy atom. The van der Waals surface area contributed by atoms with E-state index in [9.17, 15) is 0 Å². The zero-order chi connectivity index (χ0) is 7.56. The summed E-state index contributed by atoms with van der Waals surface area (Å²) >= 11 is 0. The second-order valence-electron chi connectivity index (χ2n) is 2.82. The van der Waals surface area contributed by atoms with Gasteiger partial charge >= 0.3 is 0 Å². The molecule has 0 atom stereocenters. The Kier molecular flexibility index (Phi) is 1.94. The van der Waals surface area contributed by atoms with E-state index in [4.69, 9.17) is 5.11 Å². The van der Waals surface area contributed by atoms with E-state index in [0.717, 1.165) is 6.54 Å². The average Bonchev–Trinajstić information content (AvgIpc) is 2.13. The molecule has 0 saturated heterocycles. The van der Waals surface area contributed by atoms with Gasteiger partial charge in [0.05, 0.1) is 12.5 Å². The third-order valence-corrected chi connectivity index (χ3v) is 1.20. The molecule has 0 saturated carbocycles. The van der Waals surface area contributed by atoms with Crippen LogP contribution in [0, 0.1) is 5.92 Å². The summed E-state index contributed by atoms with van der Waals surface area (Å²) in [5.41, 5.74) is 0. The zero-order valence-electron chi connectivity index (χ0n) is 6.28. The Hall–Kier alpha value is -0.990. The van der Waals surface area contributed by atoms with E-state index in [1.807, 2.05) is 4.57 Å². The van der Waals surface area contributed by atoms with Gasteiger partial charge in [-0.1, -0.05) is 13.8 Å². The number of aromatic hydroxyl groups is 1. The van der Waals surface area contributed by atoms with Gasteiger partial charge in [-0.2, -0.15) is 0 Å². The molecule has 0 aliphatic heterocycles. The molecule has 0 radical (unpaired) electrons. The van der Waals surface area contributed by atoms with E-state index in [1.165, 1.54) is 0 Å². The molecule has 1 aromatic rings. The Bertz CT molecular complexity index is 205. The van der Waals surface area contributed by atoms with E-state index in [2.05, 4.69) is 18.8 Å². The van der Waals surface area contributed by atoms with Crippen LogP contribution in [0.2, 0.25) is 0 Å². The molecule has 3 heteroatoms. The van der Waals surface area contributed by atoms with Gasteiger partial charge in [0.1, 0.15) is 0 Å². The molecule has 0 unspecified atom stereocenters. The van der Waals surface area contributed by atoms with Crippen molar-refractivity contribution >= 4 is 0 Å². The van der Waals surface area contributed by atoms with Crippen molar-refractivity contribution in [3.05, 3.63) is 12.5 Å². The highest BCUT2D eigenvalue weighted by Crippen LogP contribution is 2.04. The van der Waals surface area contributed by atoms with Gasteiger partial charge in [0, 0.05) is 6.54 Å². The van der Waals surface area contributed by atoms with Gasteiger partial charge in [0.15, 0.2) is 0 Å². The van der Waals surface area contributed by atoms with Crippen LogP contribution in [0.5, 0.6) is 5.88 Å². The van der Waals surface area contributed by atoms with Crippen molar-refractivity contribution in [3.63, 3.8) is 0 Å². The molecule has 1 N–H and O–H groups in total. The standard InChI is InChI=1S/C7H12N2O/c1-6(2)3-9-4-7(10)8-5-9/h4-6,10H,3H2,1-2H3. The van der Waals surface area contributed by atoms with Gasteiger partial charge in [0.2, 0.25) is 5.88 Å². The third-order valence-electron chi connectivity index (χ3n) is 1.20. The van der Waals surface area contributed by atoms with Crippen molar-refractivity contribution in [1.29, 1.82) is 0 Å². The van der Waals surface area contributed by atoms with Crippen LogP contribution in [0.25, 0.3) is 0 Å². The first-order valence-electron chi connectivity index (χ1n) is 3.39. The van der Waals surface area contributed by atoms with Gasteiger partial charge in [-0.3, -0.25) is 0 Å². The van der Waals surface area contributed by atoms with Crippen LogP contribution in [0.3, 0.4) is 0 Å². The van der Waals surface area contributed by atoms with Crippen LogP contribution >= 0.6 is 0 Å². The molecule has 10 heavy (non-hydrogen) atoms. The largest absolute Gasteiger partial charge is 0.492 e. The fraction of sp³-hybridized carbons (Fsp3) is 0.571. The third kappa shape index (κ3) is 1.76. The van der Waals surface area contributed by atoms with Gasteiger partial charge in [0.25, 0.3) is 0 Å². The smallest absolute Gasteiger partial charge is 0.229 e. The Morgan fingerprint density at radius 2 is 2.40 bits per heavy atom. The molecule has 1 heterocycles. The summed E-state index contributed by atoms with van der Waals surface area (Å²) in [6.07, 6.45) is 3.26. The molecule has 0 aromatic carbocycles. The summed E-state index contributed by atoms with van der Waals surface area (Å²) in [5, 5.41) is 8.83. The van der Waals surface area contributed by atoms with Crippen LogP contribution in [0.1, 0.15) is 13.8 Å². The van der Waals surface area contributed by atoms with Crippen molar-refractivity contribution < 1.29 is 5.11 Å². The summed E-state index contributed by atoms with van der Waals surface area (Å²) in [7, 11) is 0. The minimum absolute atomic E-state index is 0.0978. The number of nitrogens with zero attached hydrogens (tertiary/aromatic N) is 2. The normalized spacial score (nSPS) is 10.7. The van der Waals surface area contributed by atoms with Crippen LogP contribution in [0.15, 0.2) is 12.5 Å². The molecule has 1 aromatic heterocycles. The van der Waals surface area contributed by atoms with Crippen molar-refractivity contribution in [2.45, 2.75) is 20.4 Å². The predicted octanol–water partition coefficient (Wildman–Crippen LogP) is 1.24. The first-order valence-corrected chi connectivity index (χ1v) is 3.39. The van der Waals surface area contributed by atoms with Crippen LogP contribution in [0.4, 0.5) is 0 Å². The SMILES string of the molecule is CC(C)Cn1cnc(O)c1. The number of imidazole rings is 1. The maximum Gasteiger partial charge on any atom is 0.229 e. The van der Waals surface area contributed by atoms with Crippen LogP contribution in [-0.4, -0.2) is 14.7 Å². The maximum absolute atomic E-state index is 8.83. The second-order valence-corrected chi connectivity index (χ2v) is 2.82. The van der Waals surface area contributed by atoms with Crippen LogP contribution < -0.4 is 0 Å². The molecule has 0 fully saturated rings. The fourth-order valence-electron chi connectivity index (χ4n) is 0.870. The quantitative estimate of drug-likeness (QED) is 0.671. The number of rotatable bonds is 2. The molecular formula is C7H12N2O. The lowest BCUT2D eigenvalue weighted by atomic mass is 10.2. The van der Waals surface area contributed by atoms with E-state index < -0.39 is 0 Å². The Morgan fingerprint density at radius 3 is 2.80 bits per heavy atom. The molecule has 0 bridgehead atoms. The molecule has 0 spiro atoms. The van der Waals surface area contributed by atoms with E-state index in [0.29, 0.717) is 5.92 Å². The summed E-state index contributed by atoms with van der Waals surface area (Å²) in [6.45, 7) is 5.15. The monoisotopic (exact) mass is 140 g/mol. The highest BCUT2D eigenvalue weighted by molar-refractivity contribution is 5.00. The topological polar surface area (TPSA) is 38.0 Å². The highest BCUT2D eigenvalue weighted by Gasteiger charge is 1.97. The van der Waals surface area contributed by atoms with E-state index in [1.54, 1.807) is 12.5 Å². The summed E-state index contributed by atoms with van der Waals surface area (Å²) < 4.78 is 1.88. The molecule has 1 rings (SSSR count). The number of hydrogen-bond acceptors (Lipinski definition) is 2. The van der Waals surface area contributed by atoms with E-state index in [-0.39, 0.29) is 5.88 Å². The van der Waals surface area contributed by atoms with Gasteiger partial charge < -0.3 is 9.67 Å². The lowest BCUT2D eigenvalue weighted by molar-refractivity contribution is 0.453. The number of aromatic nitrogens is 2. The molecule has 3 nitrogen and oxygen atoms in total. The van der Waals surface area contributed by atoms with Crippen molar-refractivity contribution in [2.75, 3.05) is 0 Å². The van der Waals surface area contributed by atoms with E-state index >= 15 is 0 Å². The molecular weight excluding hydrogens is 128 g/mol. The molecule has 56 valence electrons. The van der Waals surface area contributed by atoms with Crippen molar-refractivity contribution in [1.82, 2.24) is 9.55 Å². The van der Waals surface area contributed by atoms with Crippen molar-refractivity contribution in [3.8, 4) is 5.88 Å². The average molecular weight is 140 g/mol. The molecule has 0 aliphatic rings. The van der Waals surface area contributed by atoms with Gasteiger partial charge in [-0.25, -0.2) is 4.98 Å². The Labute approximate surface area is 60.3 Å². The molecule has 0 amide bonds. The lowest BCUT2D eigenvalue weighted by Gasteiger charge is -2.03. The number of hydrogen-bond donors (Lipinski definition) is 1. The summed E-state index contributed by atoms with van der Waals surface area (Å²) in [4.78, 5) is 3.69. The minimum atomic E-state index is 0.0978. The first kappa shape index (κ1) is 7.12. The molecule has 0 aliphatic carbocycles. The van der Waals surface area contributed by atoms with Gasteiger partial charge in [-0.05, 0) is 5.92 Å². The fourth-order valence-corrected chi connectivity index (χ4v) is 0.870. The highest BCUT2D eigenvalue weighted by atomic mass is 16.3.